The lowest BCUT2D eigenvalue weighted by atomic mass is 9.83. The molecule has 4 N–H and O–H groups in total. The summed E-state index contributed by atoms with van der Waals surface area (Å²) in [4.78, 5) is 69.2. The maximum atomic E-state index is 14.3. The number of esters is 4. The zero-order valence-electron chi connectivity index (χ0n) is 35.7. The molecule has 1 aliphatic heterocycles. The van der Waals surface area contributed by atoms with Gasteiger partial charge in [0.25, 0.3) is 0 Å². The summed E-state index contributed by atoms with van der Waals surface area (Å²) in [7, 11) is 0. The van der Waals surface area contributed by atoms with Gasteiger partial charge in [0.1, 0.15) is 12.2 Å². The highest BCUT2D eigenvalue weighted by Crippen LogP contribution is 2.45. The Morgan fingerprint density at radius 3 is 1.58 bits per heavy atom. The number of ether oxygens (including phenoxy) is 5. The van der Waals surface area contributed by atoms with Gasteiger partial charge in [0, 0.05) is 11.3 Å². The molecule has 1 fully saturated rings. The number of amides is 1. The van der Waals surface area contributed by atoms with Gasteiger partial charge >= 0.3 is 23.9 Å². The van der Waals surface area contributed by atoms with Gasteiger partial charge in [0.2, 0.25) is 17.8 Å². The van der Waals surface area contributed by atoms with Crippen molar-refractivity contribution in [3.8, 4) is 0 Å². The number of carbonyl (C=O) groups excluding carboxylic acids is 5. The first-order chi connectivity index (χ1) is 31.5. The molecule has 332 valence electrons. The Balaban J connectivity index is 1.45. The number of aliphatic hydroxyl groups is 1. The monoisotopic (exact) mass is 876 g/mol. The lowest BCUT2D eigenvalue weighted by Crippen LogP contribution is -2.68. The third kappa shape index (κ3) is 10.8. The number of rotatable bonds is 15. The number of aryl methyl sites for hydroxylation is 1. The molecule has 65 heavy (non-hydrogen) atoms. The topological polar surface area (TPSA) is 190 Å². The fraction of sp³-hybridized carbons (Fsp3) is 0.212. The molecule has 0 aromatic heterocycles. The molecule has 1 aliphatic rings. The van der Waals surface area contributed by atoms with Gasteiger partial charge in [0.05, 0.1) is 28.8 Å². The quantitative estimate of drug-likeness (QED) is 0.0696. The average molecular weight is 877 g/mol. The maximum absolute atomic E-state index is 14.3. The van der Waals surface area contributed by atoms with Crippen LogP contribution in [0.25, 0.3) is 0 Å². The van der Waals surface area contributed by atoms with E-state index in [1.807, 2.05) is 31.2 Å². The van der Waals surface area contributed by atoms with Crippen molar-refractivity contribution in [3.63, 3.8) is 0 Å². The predicted molar refractivity (Wildman–Crippen MR) is 240 cm³/mol. The van der Waals surface area contributed by atoms with Crippen molar-refractivity contribution in [3.05, 3.63) is 208 Å². The van der Waals surface area contributed by atoms with Gasteiger partial charge < -0.3 is 39.8 Å². The van der Waals surface area contributed by atoms with Crippen molar-refractivity contribution < 1.29 is 52.8 Å². The third-order valence-electron chi connectivity index (χ3n) is 11.0. The van der Waals surface area contributed by atoms with Gasteiger partial charge in [-0.2, -0.15) is 0 Å². The van der Waals surface area contributed by atoms with Crippen molar-refractivity contribution in [1.82, 2.24) is 0 Å². The Hall–Kier alpha value is -7.45. The lowest BCUT2D eigenvalue weighted by molar-refractivity contribution is -0.360. The summed E-state index contributed by atoms with van der Waals surface area (Å²) in [5, 5.41) is 16.3. The summed E-state index contributed by atoms with van der Waals surface area (Å²) in [6.45, 7) is 3.14. The fourth-order valence-corrected chi connectivity index (χ4v) is 7.55. The van der Waals surface area contributed by atoms with Gasteiger partial charge in [0.15, 0.2) is 12.2 Å². The van der Waals surface area contributed by atoms with Crippen LogP contribution in [-0.4, -0.2) is 72.0 Å². The normalized spacial score (nSPS) is 19.5. The Labute approximate surface area is 376 Å². The fourth-order valence-electron chi connectivity index (χ4n) is 7.55. The largest absolute Gasteiger partial charge is 0.456 e. The molecular weight excluding hydrogens is 829 g/mol. The SMILES string of the molecule is CCc1ccc(Cc2ccc(NC(=O)CN)cc2[C@@]2(O)O[C@H]([C@H](C)OC(=O)c3ccccc3)[C@@H](OC(=O)c3ccccc3)[C@H](OC(=O)c3ccccc3)[C@H]2OC(=O)c2ccccc2)cc1. The van der Waals surface area contributed by atoms with E-state index in [1.165, 1.54) is 49.4 Å². The van der Waals surface area contributed by atoms with Gasteiger partial charge in [-0.3, -0.25) is 4.79 Å². The average Bonchev–Trinajstić information content (AvgIpc) is 3.34. The van der Waals surface area contributed by atoms with Gasteiger partial charge in [-0.25, -0.2) is 19.2 Å². The van der Waals surface area contributed by atoms with Crippen molar-refractivity contribution in [2.45, 2.75) is 63.0 Å². The van der Waals surface area contributed by atoms with Crippen LogP contribution in [0.5, 0.6) is 0 Å². The lowest BCUT2D eigenvalue weighted by Gasteiger charge is -2.50. The second-order valence-corrected chi connectivity index (χ2v) is 15.4. The Bertz CT molecular complexity index is 2590. The Kier molecular flexibility index (Phi) is 14.6. The van der Waals surface area contributed by atoms with Crippen molar-refractivity contribution >= 4 is 35.5 Å². The number of hydrogen-bond acceptors (Lipinski definition) is 12. The van der Waals surface area contributed by atoms with Crippen LogP contribution < -0.4 is 11.1 Å². The van der Waals surface area contributed by atoms with Crippen LogP contribution in [0.15, 0.2) is 164 Å². The first kappa shape index (κ1) is 45.6. The third-order valence-corrected chi connectivity index (χ3v) is 11.0. The van der Waals surface area contributed by atoms with Gasteiger partial charge in [-0.05, 0) is 97.1 Å². The molecule has 1 amide bonds. The van der Waals surface area contributed by atoms with E-state index >= 15 is 0 Å². The molecule has 1 heterocycles. The summed E-state index contributed by atoms with van der Waals surface area (Å²) < 4.78 is 31.6. The second-order valence-electron chi connectivity index (χ2n) is 15.4. The molecule has 6 aromatic rings. The molecule has 1 saturated heterocycles. The Morgan fingerprint density at radius 1 is 0.631 bits per heavy atom. The maximum Gasteiger partial charge on any atom is 0.338 e. The van der Waals surface area contributed by atoms with Gasteiger partial charge in [-0.1, -0.05) is 110 Å². The van der Waals surface area contributed by atoms with Crippen LogP contribution in [0.3, 0.4) is 0 Å². The Morgan fingerprint density at radius 2 is 1.09 bits per heavy atom. The zero-order chi connectivity index (χ0) is 45.9. The number of nitrogens with two attached hydrogens (primary N) is 1. The van der Waals surface area contributed by atoms with Crippen LogP contribution in [0.1, 0.15) is 77.5 Å². The van der Waals surface area contributed by atoms with Gasteiger partial charge in [-0.15, -0.1) is 0 Å². The number of nitrogens with one attached hydrogen (secondary N) is 1. The van der Waals surface area contributed by atoms with E-state index < -0.39 is 66.1 Å². The molecule has 0 aliphatic carbocycles. The van der Waals surface area contributed by atoms with E-state index in [-0.39, 0.29) is 46.5 Å². The van der Waals surface area contributed by atoms with E-state index in [2.05, 4.69) is 5.32 Å². The van der Waals surface area contributed by atoms with Crippen LogP contribution in [-0.2, 0) is 47.1 Å². The standard InChI is InChI=1S/C52H48N2O11/c1-3-34-24-26-35(27-25-34)30-40-28-29-41(54-43(55)32-53)31-42(40)52(60)47(64-51(59)39-22-14-7-15-23-39)46(63-50(58)38-20-12-6-13-21-38)45(62-49(57)37-18-10-5-11-19-37)44(65-52)33(2)61-48(56)36-16-8-4-9-17-36/h4-29,31,33,44-47,60H,3,30,32,53H2,1-2H3,(H,54,55)/t33-,44+,45+,46-,47+,52+/m0/s1. The van der Waals surface area contributed by atoms with Crippen molar-refractivity contribution in [1.29, 1.82) is 0 Å². The molecule has 13 heteroatoms. The minimum atomic E-state index is -2.82. The second kappa shape index (κ2) is 20.8. The molecule has 0 bridgehead atoms. The highest BCUT2D eigenvalue weighted by Gasteiger charge is 2.62. The van der Waals surface area contributed by atoms with E-state index in [0.29, 0.717) is 5.56 Å². The van der Waals surface area contributed by atoms with E-state index in [4.69, 9.17) is 29.4 Å². The molecular formula is C52H48N2O11. The van der Waals surface area contributed by atoms with Crippen LogP contribution in [0, 0.1) is 0 Å². The van der Waals surface area contributed by atoms with Crippen molar-refractivity contribution in [2.75, 3.05) is 11.9 Å². The first-order valence-corrected chi connectivity index (χ1v) is 21.1. The molecule has 6 aromatic carbocycles. The highest BCUT2D eigenvalue weighted by atomic mass is 16.7. The first-order valence-electron chi connectivity index (χ1n) is 21.1. The van der Waals surface area contributed by atoms with Crippen LogP contribution in [0.4, 0.5) is 5.69 Å². The van der Waals surface area contributed by atoms with Crippen molar-refractivity contribution in [2.24, 2.45) is 5.73 Å². The summed E-state index contributed by atoms with van der Waals surface area (Å²) in [5.41, 5.74) is 8.61. The summed E-state index contributed by atoms with van der Waals surface area (Å²) >= 11 is 0. The molecule has 0 spiro atoms. The molecule has 0 saturated carbocycles. The zero-order valence-corrected chi connectivity index (χ0v) is 35.7. The molecule has 6 atom stereocenters. The minimum Gasteiger partial charge on any atom is -0.456 e. The molecule has 0 unspecified atom stereocenters. The summed E-state index contributed by atoms with van der Waals surface area (Å²) in [6.07, 6.45) is -7.64. The van der Waals surface area contributed by atoms with E-state index in [0.717, 1.165) is 17.5 Å². The predicted octanol–water partition coefficient (Wildman–Crippen LogP) is 7.20. The molecule has 0 radical (unpaired) electrons. The highest BCUT2D eigenvalue weighted by molar-refractivity contribution is 5.93. The summed E-state index contributed by atoms with van der Waals surface area (Å²) in [5.74, 6) is -6.94. The van der Waals surface area contributed by atoms with E-state index in [9.17, 15) is 29.1 Å². The molecule has 7 rings (SSSR count). The number of carbonyl (C=O) groups is 5. The summed E-state index contributed by atoms with van der Waals surface area (Å²) in [6, 6.07) is 44.5. The number of anilines is 1. The number of benzene rings is 6. The van der Waals surface area contributed by atoms with Crippen LogP contribution >= 0.6 is 0 Å². The smallest absolute Gasteiger partial charge is 0.338 e. The van der Waals surface area contributed by atoms with E-state index in [1.54, 1.807) is 97.1 Å². The molecule has 13 nitrogen and oxygen atoms in total. The minimum absolute atomic E-state index is 0.0297. The number of hydrogen-bond donors (Lipinski definition) is 3. The van der Waals surface area contributed by atoms with Crippen LogP contribution in [0.2, 0.25) is 0 Å².